The number of amides is 1. The fourth-order valence-corrected chi connectivity index (χ4v) is 3.90. The quantitative estimate of drug-likeness (QED) is 0.789. The van der Waals surface area contributed by atoms with Crippen molar-refractivity contribution in [3.05, 3.63) is 59.7 Å². The van der Waals surface area contributed by atoms with Gasteiger partial charge in [-0.25, -0.2) is 10.9 Å². The second kappa shape index (κ2) is 8.33. The number of methoxy groups -OCH3 is 2. The molecule has 0 saturated carbocycles. The molecule has 2 aliphatic heterocycles. The molecule has 8 heteroatoms. The number of nitrogens with zero attached hydrogens (tertiary/aromatic N) is 2. The minimum Gasteiger partial charge on any atom is -0.493 e. The predicted molar refractivity (Wildman–Crippen MR) is 112 cm³/mol. The van der Waals surface area contributed by atoms with Crippen LogP contribution in [-0.2, 0) is 9.53 Å². The maximum atomic E-state index is 12.3. The average Bonchev–Trinajstić information content (AvgIpc) is 3.37. The number of hydrazine groups is 1. The summed E-state index contributed by atoms with van der Waals surface area (Å²) in [5, 5.41) is 5.87. The van der Waals surface area contributed by atoms with E-state index in [0.717, 1.165) is 5.56 Å². The van der Waals surface area contributed by atoms with Crippen LogP contribution in [0.5, 0.6) is 11.5 Å². The normalized spacial score (nSPS) is 25.6. The van der Waals surface area contributed by atoms with Crippen LogP contribution in [0.15, 0.2) is 53.6 Å². The molecule has 2 aliphatic rings. The van der Waals surface area contributed by atoms with E-state index in [1.807, 2.05) is 24.3 Å². The van der Waals surface area contributed by atoms with Crippen LogP contribution < -0.4 is 20.3 Å². The van der Waals surface area contributed by atoms with Crippen LogP contribution in [0.4, 0.5) is 0 Å². The topological polar surface area (TPSA) is 84.4 Å². The summed E-state index contributed by atoms with van der Waals surface area (Å²) in [6.07, 6.45) is -0.665. The molecule has 4 rings (SSSR count). The maximum absolute atomic E-state index is 12.3. The number of rotatable bonds is 5. The highest BCUT2D eigenvalue weighted by Crippen LogP contribution is 2.37. The zero-order valence-electron chi connectivity index (χ0n) is 17.5. The van der Waals surface area contributed by atoms with Gasteiger partial charge < -0.3 is 14.2 Å². The van der Waals surface area contributed by atoms with Gasteiger partial charge in [0, 0.05) is 18.4 Å². The van der Waals surface area contributed by atoms with Gasteiger partial charge >= 0.3 is 0 Å². The molecule has 0 spiro atoms. The number of carbonyl (C=O) groups is 1. The molecule has 1 amide bonds. The third kappa shape index (κ3) is 3.59. The number of hydrazone groups is 1. The van der Waals surface area contributed by atoms with E-state index in [-0.39, 0.29) is 23.9 Å². The fourth-order valence-electron chi connectivity index (χ4n) is 3.90. The van der Waals surface area contributed by atoms with Gasteiger partial charge in [-0.3, -0.25) is 4.79 Å². The first-order chi connectivity index (χ1) is 14.5. The summed E-state index contributed by atoms with van der Waals surface area (Å²) >= 11 is 0. The van der Waals surface area contributed by atoms with Gasteiger partial charge in [0.2, 0.25) is 18.0 Å². The van der Waals surface area contributed by atoms with Crippen molar-refractivity contribution < 1.29 is 19.0 Å². The zero-order chi connectivity index (χ0) is 21.3. The van der Waals surface area contributed by atoms with E-state index in [4.69, 9.17) is 14.2 Å². The van der Waals surface area contributed by atoms with E-state index in [1.54, 1.807) is 26.4 Å². The average molecular weight is 410 g/mol. The standard InChI is InChI=1S/C22H26N4O4/c1-13-19(15-8-6-5-7-9-15)23-24-20(13)21-25-26(14(2)27)22(30-21)16-10-11-17(28-3)18(12-16)29-4/h5-13,19-20,22-24H,1-4H3. The molecule has 0 bridgehead atoms. The summed E-state index contributed by atoms with van der Waals surface area (Å²) in [6.45, 7) is 3.60. The summed E-state index contributed by atoms with van der Waals surface area (Å²) in [7, 11) is 3.15. The maximum Gasteiger partial charge on any atom is 0.243 e. The Kier molecular flexibility index (Phi) is 5.61. The first-order valence-corrected chi connectivity index (χ1v) is 9.86. The van der Waals surface area contributed by atoms with Crippen molar-refractivity contribution in [1.29, 1.82) is 0 Å². The van der Waals surface area contributed by atoms with Crippen LogP contribution in [0.25, 0.3) is 0 Å². The Morgan fingerprint density at radius 2 is 1.70 bits per heavy atom. The molecule has 2 aromatic carbocycles. The van der Waals surface area contributed by atoms with E-state index in [2.05, 4.69) is 35.0 Å². The minimum absolute atomic E-state index is 0.105. The van der Waals surface area contributed by atoms with E-state index in [1.165, 1.54) is 17.5 Å². The van der Waals surface area contributed by atoms with E-state index in [0.29, 0.717) is 17.4 Å². The van der Waals surface area contributed by atoms with E-state index >= 15 is 0 Å². The Balaban J connectivity index is 1.58. The van der Waals surface area contributed by atoms with Crippen molar-refractivity contribution >= 4 is 11.8 Å². The molecule has 2 heterocycles. The first-order valence-electron chi connectivity index (χ1n) is 9.86. The van der Waals surface area contributed by atoms with Crippen molar-refractivity contribution in [2.75, 3.05) is 14.2 Å². The largest absolute Gasteiger partial charge is 0.493 e. The van der Waals surface area contributed by atoms with Crippen LogP contribution in [-0.4, -0.2) is 37.1 Å². The van der Waals surface area contributed by atoms with Gasteiger partial charge in [-0.2, -0.15) is 5.01 Å². The van der Waals surface area contributed by atoms with E-state index < -0.39 is 6.23 Å². The summed E-state index contributed by atoms with van der Waals surface area (Å²) in [5.74, 6) is 1.60. The van der Waals surface area contributed by atoms with Gasteiger partial charge in [0.1, 0.15) is 6.04 Å². The van der Waals surface area contributed by atoms with Crippen molar-refractivity contribution in [3.8, 4) is 11.5 Å². The fraction of sp³-hybridized carbons (Fsp3) is 0.364. The van der Waals surface area contributed by atoms with Crippen molar-refractivity contribution in [2.24, 2.45) is 11.0 Å². The van der Waals surface area contributed by atoms with Gasteiger partial charge in [-0.05, 0) is 23.8 Å². The highest BCUT2D eigenvalue weighted by Gasteiger charge is 2.43. The minimum atomic E-state index is -0.665. The highest BCUT2D eigenvalue weighted by molar-refractivity contribution is 5.87. The number of carbonyl (C=O) groups excluding carboxylic acids is 1. The number of benzene rings is 2. The van der Waals surface area contributed by atoms with Gasteiger partial charge in [0.05, 0.1) is 20.3 Å². The van der Waals surface area contributed by atoms with Crippen LogP contribution in [0, 0.1) is 5.92 Å². The molecule has 2 N–H and O–H groups in total. The molecule has 8 nitrogen and oxygen atoms in total. The van der Waals surface area contributed by atoms with E-state index in [9.17, 15) is 4.79 Å². The van der Waals surface area contributed by atoms with Crippen molar-refractivity contribution in [3.63, 3.8) is 0 Å². The second-order valence-electron chi connectivity index (χ2n) is 7.40. The molecule has 158 valence electrons. The smallest absolute Gasteiger partial charge is 0.243 e. The summed E-state index contributed by atoms with van der Waals surface area (Å²) in [6, 6.07) is 15.6. The van der Waals surface area contributed by atoms with Crippen LogP contribution >= 0.6 is 0 Å². The molecule has 4 unspecified atom stereocenters. The molecule has 30 heavy (non-hydrogen) atoms. The Morgan fingerprint density at radius 3 is 2.37 bits per heavy atom. The molecule has 1 fully saturated rings. The number of nitrogens with one attached hydrogen (secondary N) is 2. The number of hydrogen-bond donors (Lipinski definition) is 2. The van der Waals surface area contributed by atoms with Crippen LogP contribution in [0.1, 0.15) is 37.2 Å². The van der Waals surface area contributed by atoms with Gasteiger partial charge in [0.25, 0.3) is 0 Å². The molecule has 0 aliphatic carbocycles. The molecule has 4 atom stereocenters. The lowest BCUT2D eigenvalue weighted by Gasteiger charge is -2.21. The Bertz CT molecular complexity index is 949. The van der Waals surface area contributed by atoms with Gasteiger partial charge in [-0.15, -0.1) is 5.10 Å². The predicted octanol–water partition coefficient (Wildman–Crippen LogP) is 2.75. The van der Waals surface area contributed by atoms with Gasteiger partial charge in [-0.1, -0.05) is 37.3 Å². The summed E-state index contributed by atoms with van der Waals surface area (Å²) in [4.78, 5) is 12.3. The Labute approximate surface area is 175 Å². The summed E-state index contributed by atoms with van der Waals surface area (Å²) in [5.41, 5.74) is 8.54. The SMILES string of the molecule is COc1ccc(C2OC(C3NNC(c4ccccc4)C3C)=NN2C(C)=O)cc1OC. The van der Waals surface area contributed by atoms with Crippen molar-refractivity contribution in [2.45, 2.75) is 32.2 Å². The molecule has 1 saturated heterocycles. The van der Waals surface area contributed by atoms with Crippen LogP contribution in [0.3, 0.4) is 0 Å². The van der Waals surface area contributed by atoms with Gasteiger partial charge in [0.15, 0.2) is 11.5 Å². The lowest BCUT2D eigenvalue weighted by molar-refractivity contribution is -0.135. The molecular formula is C22H26N4O4. The third-order valence-electron chi connectivity index (χ3n) is 5.55. The Hall–Kier alpha value is -3.10. The van der Waals surface area contributed by atoms with Crippen LogP contribution in [0.2, 0.25) is 0 Å². The first kappa shape index (κ1) is 20.2. The Morgan fingerprint density at radius 1 is 1.00 bits per heavy atom. The monoisotopic (exact) mass is 410 g/mol. The second-order valence-corrected chi connectivity index (χ2v) is 7.40. The zero-order valence-corrected chi connectivity index (χ0v) is 17.5. The lowest BCUT2D eigenvalue weighted by Crippen LogP contribution is -2.38. The third-order valence-corrected chi connectivity index (χ3v) is 5.55. The van der Waals surface area contributed by atoms with Crippen molar-refractivity contribution in [1.82, 2.24) is 15.9 Å². The number of ether oxygens (including phenoxy) is 3. The molecule has 2 aromatic rings. The molecular weight excluding hydrogens is 384 g/mol. The molecule has 0 radical (unpaired) electrons. The lowest BCUT2D eigenvalue weighted by atomic mass is 9.91. The summed E-state index contributed by atoms with van der Waals surface area (Å²) < 4.78 is 16.9. The highest BCUT2D eigenvalue weighted by atomic mass is 16.5. The number of hydrogen-bond acceptors (Lipinski definition) is 7. The molecule has 0 aromatic heterocycles.